The van der Waals surface area contributed by atoms with Gasteiger partial charge in [-0.1, -0.05) is 31.9 Å². The SMILES string of the molecule is CCCCCc1ncsc1Cc1ccc(N)cc1. The van der Waals surface area contributed by atoms with E-state index in [0.717, 1.165) is 18.5 Å². The van der Waals surface area contributed by atoms with Crippen LogP contribution in [0.2, 0.25) is 0 Å². The molecule has 2 aromatic rings. The Kier molecular flexibility index (Phi) is 4.76. The van der Waals surface area contributed by atoms with Crippen molar-refractivity contribution in [2.45, 2.75) is 39.0 Å². The van der Waals surface area contributed by atoms with Crippen molar-refractivity contribution in [2.75, 3.05) is 5.73 Å². The van der Waals surface area contributed by atoms with Gasteiger partial charge in [0.15, 0.2) is 0 Å². The molecule has 18 heavy (non-hydrogen) atoms. The van der Waals surface area contributed by atoms with Crippen LogP contribution in [0.3, 0.4) is 0 Å². The van der Waals surface area contributed by atoms with Crippen LogP contribution in [0.5, 0.6) is 0 Å². The number of nitrogens with zero attached hydrogens (tertiary/aromatic N) is 1. The summed E-state index contributed by atoms with van der Waals surface area (Å²) >= 11 is 1.76. The Hall–Kier alpha value is -1.35. The molecular weight excluding hydrogens is 240 g/mol. The normalized spacial score (nSPS) is 10.7. The zero-order valence-electron chi connectivity index (χ0n) is 10.9. The molecule has 3 heteroatoms. The molecule has 0 atom stereocenters. The first-order chi connectivity index (χ1) is 8.79. The van der Waals surface area contributed by atoms with Crippen molar-refractivity contribution in [3.05, 3.63) is 45.9 Å². The first-order valence-electron chi connectivity index (χ1n) is 6.55. The Morgan fingerprint density at radius 1 is 1.17 bits per heavy atom. The van der Waals surface area contributed by atoms with Crippen LogP contribution in [0.4, 0.5) is 5.69 Å². The van der Waals surface area contributed by atoms with Gasteiger partial charge in [0.25, 0.3) is 0 Å². The predicted octanol–water partition coefficient (Wildman–Crippen LogP) is 4.05. The molecule has 0 radical (unpaired) electrons. The van der Waals surface area contributed by atoms with Crippen LogP contribution in [-0.2, 0) is 12.8 Å². The molecule has 2 nitrogen and oxygen atoms in total. The molecule has 0 aliphatic carbocycles. The van der Waals surface area contributed by atoms with Gasteiger partial charge in [-0.25, -0.2) is 4.98 Å². The second-order valence-corrected chi connectivity index (χ2v) is 5.54. The van der Waals surface area contributed by atoms with E-state index in [4.69, 9.17) is 5.73 Å². The van der Waals surface area contributed by atoms with Crippen molar-refractivity contribution in [1.29, 1.82) is 0 Å². The van der Waals surface area contributed by atoms with Crippen molar-refractivity contribution in [3.63, 3.8) is 0 Å². The molecule has 0 saturated carbocycles. The summed E-state index contributed by atoms with van der Waals surface area (Å²) in [5.74, 6) is 0. The quantitative estimate of drug-likeness (QED) is 0.628. The zero-order chi connectivity index (χ0) is 12.8. The maximum absolute atomic E-state index is 5.70. The fourth-order valence-corrected chi connectivity index (χ4v) is 2.85. The third kappa shape index (κ3) is 3.57. The van der Waals surface area contributed by atoms with E-state index in [-0.39, 0.29) is 0 Å². The molecule has 0 bridgehead atoms. The number of hydrogen-bond acceptors (Lipinski definition) is 3. The minimum absolute atomic E-state index is 0.825. The summed E-state index contributed by atoms with van der Waals surface area (Å²) in [6, 6.07) is 8.13. The third-order valence-corrected chi connectivity index (χ3v) is 3.96. The number of benzene rings is 1. The van der Waals surface area contributed by atoms with E-state index in [1.165, 1.54) is 35.4 Å². The van der Waals surface area contributed by atoms with Crippen LogP contribution in [0.1, 0.15) is 42.3 Å². The van der Waals surface area contributed by atoms with E-state index in [0.29, 0.717) is 0 Å². The Bertz CT molecular complexity index is 473. The van der Waals surface area contributed by atoms with Gasteiger partial charge in [-0.2, -0.15) is 0 Å². The van der Waals surface area contributed by atoms with E-state index >= 15 is 0 Å². The summed E-state index contributed by atoms with van der Waals surface area (Å²) < 4.78 is 0. The number of thiazole rings is 1. The highest BCUT2D eigenvalue weighted by atomic mass is 32.1. The average molecular weight is 260 g/mol. The molecule has 0 saturated heterocycles. The Labute approximate surface area is 113 Å². The van der Waals surface area contributed by atoms with Gasteiger partial charge in [-0.05, 0) is 30.5 Å². The number of unbranched alkanes of at least 4 members (excludes halogenated alkanes) is 2. The maximum Gasteiger partial charge on any atom is 0.0797 e. The lowest BCUT2D eigenvalue weighted by Gasteiger charge is -2.03. The van der Waals surface area contributed by atoms with Gasteiger partial charge >= 0.3 is 0 Å². The highest BCUT2D eigenvalue weighted by Gasteiger charge is 2.06. The summed E-state index contributed by atoms with van der Waals surface area (Å²) in [5.41, 5.74) is 11.1. The summed E-state index contributed by atoms with van der Waals surface area (Å²) in [7, 11) is 0. The van der Waals surface area contributed by atoms with Crippen LogP contribution < -0.4 is 5.73 Å². The highest BCUT2D eigenvalue weighted by Crippen LogP contribution is 2.20. The van der Waals surface area contributed by atoms with E-state index < -0.39 is 0 Å². The van der Waals surface area contributed by atoms with Crippen molar-refractivity contribution < 1.29 is 0 Å². The molecule has 1 heterocycles. The molecule has 2 rings (SSSR count). The van der Waals surface area contributed by atoms with Crippen LogP contribution in [-0.4, -0.2) is 4.98 Å². The number of aromatic nitrogens is 1. The first kappa shape index (κ1) is 13.1. The molecule has 0 fully saturated rings. The van der Waals surface area contributed by atoms with E-state index in [1.807, 2.05) is 17.6 Å². The molecule has 96 valence electrons. The van der Waals surface area contributed by atoms with Gasteiger partial charge in [0.2, 0.25) is 0 Å². The monoisotopic (exact) mass is 260 g/mol. The molecule has 0 aliphatic rings. The predicted molar refractivity (Wildman–Crippen MR) is 79.0 cm³/mol. The number of nitrogens with two attached hydrogens (primary N) is 1. The fraction of sp³-hybridized carbons (Fsp3) is 0.400. The van der Waals surface area contributed by atoms with Gasteiger partial charge < -0.3 is 5.73 Å². The summed E-state index contributed by atoms with van der Waals surface area (Å²) in [5, 5.41) is 0. The lowest BCUT2D eigenvalue weighted by Crippen LogP contribution is -1.94. The summed E-state index contributed by atoms with van der Waals surface area (Å²) in [6.45, 7) is 2.23. The number of hydrogen-bond donors (Lipinski definition) is 1. The van der Waals surface area contributed by atoms with Gasteiger partial charge in [0.05, 0.1) is 11.2 Å². The lowest BCUT2D eigenvalue weighted by molar-refractivity contribution is 0.706. The molecule has 0 amide bonds. The second kappa shape index (κ2) is 6.55. The van der Waals surface area contributed by atoms with Crippen LogP contribution in [0.25, 0.3) is 0 Å². The standard InChI is InChI=1S/C15H20N2S/c1-2-3-4-5-14-15(18-11-17-14)10-12-6-8-13(16)9-7-12/h6-9,11H,2-5,10,16H2,1H3. The first-order valence-corrected chi connectivity index (χ1v) is 7.43. The zero-order valence-corrected chi connectivity index (χ0v) is 11.7. The van der Waals surface area contributed by atoms with Gasteiger partial charge in [-0.15, -0.1) is 11.3 Å². The van der Waals surface area contributed by atoms with E-state index in [9.17, 15) is 0 Å². The molecule has 0 spiro atoms. The summed E-state index contributed by atoms with van der Waals surface area (Å²) in [6.07, 6.45) is 5.89. The third-order valence-electron chi connectivity index (χ3n) is 3.09. The van der Waals surface area contributed by atoms with Crippen molar-refractivity contribution >= 4 is 17.0 Å². The van der Waals surface area contributed by atoms with Crippen LogP contribution in [0.15, 0.2) is 29.8 Å². The number of anilines is 1. The van der Waals surface area contributed by atoms with Gasteiger partial charge in [0, 0.05) is 17.0 Å². The number of aryl methyl sites for hydroxylation is 1. The highest BCUT2D eigenvalue weighted by molar-refractivity contribution is 7.09. The van der Waals surface area contributed by atoms with Crippen molar-refractivity contribution in [1.82, 2.24) is 4.98 Å². The van der Waals surface area contributed by atoms with Gasteiger partial charge in [-0.3, -0.25) is 0 Å². The minimum Gasteiger partial charge on any atom is -0.399 e. The number of rotatable bonds is 6. The Morgan fingerprint density at radius 3 is 2.67 bits per heavy atom. The molecule has 1 aromatic carbocycles. The topological polar surface area (TPSA) is 38.9 Å². The molecule has 0 aliphatic heterocycles. The minimum atomic E-state index is 0.825. The summed E-state index contributed by atoms with van der Waals surface area (Å²) in [4.78, 5) is 5.89. The maximum atomic E-state index is 5.70. The second-order valence-electron chi connectivity index (χ2n) is 4.60. The lowest BCUT2D eigenvalue weighted by atomic mass is 10.1. The van der Waals surface area contributed by atoms with Crippen LogP contribution >= 0.6 is 11.3 Å². The molecule has 0 unspecified atom stereocenters. The molecular formula is C15H20N2S. The van der Waals surface area contributed by atoms with Crippen molar-refractivity contribution in [2.24, 2.45) is 0 Å². The Morgan fingerprint density at radius 2 is 1.94 bits per heavy atom. The van der Waals surface area contributed by atoms with Crippen LogP contribution in [0, 0.1) is 0 Å². The van der Waals surface area contributed by atoms with Crippen molar-refractivity contribution in [3.8, 4) is 0 Å². The molecule has 1 aromatic heterocycles. The molecule has 2 N–H and O–H groups in total. The van der Waals surface area contributed by atoms with E-state index in [1.54, 1.807) is 11.3 Å². The average Bonchev–Trinajstić information content (AvgIpc) is 2.80. The fourth-order valence-electron chi connectivity index (χ4n) is 2.00. The van der Waals surface area contributed by atoms with Gasteiger partial charge in [0.1, 0.15) is 0 Å². The smallest absolute Gasteiger partial charge is 0.0797 e. The van der Waals surface area contributed by atoms with E-state index in [2.05, 4.69) is 24.0 Å². The number of nitrogen functional groups attached to an aromatic ring is 1. The largest absolute Gasteiger partial charge is 0.399 e. The Balaban J connectivity index is 2.00.